The van der Waals surface area contributed by atoms with Crippen molar-refractivity contribution in [3.05, 3.63) is 0 Å². The van der Waals surface area contributed by atoms with Crippen molar-refractivity contribution >= 4 is 0 Å². The zero-order valence-electron chi connectivity index (χ0n) is 7.41. The van der Waals surface area contributed by atoms with E-state index in [9.17, 15) is 0 Å². The fourth-order valence-electron chi connectivity index (χ4n) is 1.02. The molecule has 1 heterocycles. The molecule has 10 heavy (non-hydrogen) atoms. The summed E-state index contributed by atoms with van der Waals surface area (Å²) in [7, 11) is 0. The Hall–Kier alpha value is -0.0800. The van der Waals surface area contributed by atoms with Crippen molar-refractivity contribution in [3.8, 4) is 0 Å². The Morgan fingerprint density at radius 2 is 1.90 bits per heavy atom. The molecule has 1 rings (SSSR count). The highest BCUT2D eigenvalue weighted by molar-refractivity contribution is 4.91. The fourth-order valence-corrected chi connectivity index (χ4v) is 1.02. The minimum Gasteiger partial charge on any atom is -0.330 e. The third kappa shape index (κ3) is 1.96. The number of nitrogens with one attached hydrogen (secondary N) is 1. The second-order valence-electron chi connectivity index (χ2n) is 2.66. The number of hydrogen-bond acceptors (Lipinski definition) is 2. The monoisotopic (exact) mass is 144 g/mol. The highest BCUT2D eigenvalue weighted by Crippen LogP contribution is 2.23. The molecule has 0 aromatic carbocycles. The Bertz CT molecular complexity index is 63.8. The zero-order chi connectivity index (χ0) is 8.04. The lowest BCUT2D eigenvalue weighted by Crippen LogP contribution is -2.56. The van der Waals surface area contributed by atoms with Crippen LogP contribution in [0.1, 0.15) is 27.2 Å². The van der Waals surface area contributed by atoms with Gasteiger partial charge in [0.25, 0.3) is 0 Å². The predicted octanol–water partition coefficient (Wildman–Crippen LogP) is 0.971. The zero-order valence-corrected chi connectivity index (χ0v) is 7.41. The normalized spacial score (nSPS) is 20.4. The van der Waals surface area contributed by atoms with E-state index in [0.717, 1.165) is 19.6 Å². The molecule has 1 aliphatic rings. The van der Waals surface area contributed by atoms with E-state index in [-0.39, 0.29) is 0 Å². The molecule has 1 aliphatic heterocycles. The first-order valence-electron chi connectivity index (χ1n) is 4.24. The summed E-state index contributed by atoms with van der Waals surface area (Å²) in [5, 5.41) is 3.22. The van der Waals surface area contributed by atoms with Crippen molar-refractivity contribution in [1.29, 1.82) is 0 Å². The molecule has 0 spiro atoms. The minimum absolute atomic E-state index is 0.472. The molecule has 3 N–H and O–H groups in total. The predicted molar refractivity (Wildman–Crippen MR) is 46.0 cm³/mol. The van der Waals surface area contributed by atoms with E-state index in [1.165, 1.54) is 6.42 Å². The van der Waals surface area contributed by atoms with E-state index in [2.05, 4.69) is 12.2 Å². The number of hydrogen-bond donors (Lipinski definition) is 2. The van der Waals surface area contributed by atoms with Gasteiger partial charge in [-0.25, -0.2) is 0 Å². The van der Waals surface area contributed by atoms with Crippen LogP contribution in [0, 0.1) is 5.41 Å². The quantitative estimate of drug-likeness (QED) is 0.606. The van der Waals surface area contributed by atoms with Crippen LogP contribution in [0.25, 0.3) is 0 Å². The Labute approximate surface area is 64.2 Å². The summed E-state index contributed by atoms with van der Waals surface area (Å²) in [6, 6.07) is 0. The lowest BCUT2D eigenvalue weighted by molar-refractivity contribution is 0.172. The van der Waals surface area contributed by atoms with Gasteiger partial charge in [-0.05, 0) is 6.42 Å². The first-order valence-corrected chi connectivity index (χ1v) is 4.24. The van der Waals surface area contributed by atoms with E-state index in [4.69, 9.17) is 5.73 Å². The second kappa shape index (κ2) is 4.69. The lowest BCUT2D eigenvalue weighted by atomic mass is 9.79. The van der Waals surface area contributed by atoms with Crippen molar-refractivity contribution in [3.63, 3.8) is 0 Å². The van der Waals surface area contributed by atoms with Gasteiger partial charge in [0.1, 0.15) is 0 Å². The van der Waals surface area contributed by atoms with E-state index in [1.54, 1.807) is 0 Å². The van der Waals surface area contributed by atoms with Gasteiger partial charge in [0.2, 0.25) is 0 Å². The molecule has 1 saturated heterocycles. The van der Waals surface area contributed by atoms with Gasteiger partial charge in [0.05, 0.1) is 0 Å². The van der Waals surface area contributed by atoms with Crippen LogP contribution in [-0.2, 0) is 0 Å². The smallest absolute Gasteiger partial charge is 0.00724 e. The molecule has 0 aliphatic carbocycles. The van der Waals surface area contributed by atoms with Gasteiger partial charge >= 0.3 is 0 Å². The van der Waals surface area contributed by atoms with E-state index >= 15 is 0 Å². The van der Waals surface area contributed by atoms with Crippen LogP contribution in [0.15, 0.2) is 0 Å². The molecule has 0 amide bonds. The van der Waals surface area contributed by atoms with Crippen molar-refractivity contribution in [2.75, 3.05) is 19.6 Å². The van der Waals surface area contributed by atoms with Crippen molar-refractivity contribution < 1.29 is 0 Å². The van der Waals surface area contributed by atoms with Crippen molar-refractivity contribution in [2.24, 2.45) is 11.1 Å². The molecule has 1 fully saturated rings. The van der Waals surface area contributed by atoms with Crippen LogP contribution in [0.5, 0.6) is 0 Å². The maximum atomic E-state index is 5.54. The minimum atomic E-state index is 0.472. The topological polar surface area (TPSA) is 38.0 Å². The van der Waals surface area contributed by atoms with Gasteiger partial charge in [0.15, 0.2) is 0 Å². The summed E-state index contributed by atoms with van der Waals surface area (Å²) in [6.45, 7) is 9.30. The third-order valence-corrected chi connectivity index (χ3v) is 2.18. The Balaban J connectivity index is 0.000000371. The maximum Gasteiger partial charge on any atom is 0.00724 e. The molecule has 62 valence electrons. The molecule has 2 nitrogen and oxygen atoms in total. The summed E-state index contributed by atoms with van der Waals surface area (Å²) in [6.07, 6.45) is 1.22. The molecule has 0 saturated carbocycles. The maximum absolute atomic E-state index is 5.54. The Kier molecular flexibility index (Phi) is 4.65. The molecule has 0 atom stereocenters. The van der Waals surface area contributed by atoms with Gasteiger partial charge < -0.3 is 11.1 Å². The summed E-state index contributed by atoms with van der Waals surface area (Å²) in [5.41, 5.74) is 6.01. The number of nitrogens with two attached hydrogens (primary N) is 1. The summed E-state index contributed by atoms with van der Waals surface area (Å²) in [5.74, 6) is 0. The molecule has 2 heteroatoms. The molecule has 0 bridgehead atoms. The SMILES string of the molecule is CC.CCC1(CN)CNC1. The largest absolute Gasteiger partial charge is 0.330 e. The molecular weight excluding hydrogens is 124 g/mol. The van der Waals surface area contributed by atoms with Gasteiger partial charge in [-0.3, -0.25) is 0 Å². The Morgan fingerprint density at radius 1 is 1.40 bits per heavy atom. The summed E-state index contributed by atoms with van der Waals surface area (Å²) < 4.78 is 0. The van der Waals surface area contributed by atoms with Crippen LogP contribution in [0.4, 0.5) is 0 Å². The van der Waals surface area contributed by atoms with Gasteiger partial charge in [-0.2, -0.15) is 0 Å². The first kappa shape index (κ1) is 9.92. The van der Waals surface area contributed by atoms with Crippen LogP contribution in [0.2, 0.25) is 0 Å². The van der Waals surface area contributed by atoms with Gasteiger partial charge in [-0.15, -0.1) is 0 Å². The molecule has 0 radical (unpaired) electrons. The highest BCUT2D eigenvalue weighted by Gasteiger charge is 2.32. The van der Waals surface area contributed by atoms with E-state index < -0.39 is 0 Å². The first-order chi connectivity index (χ1) is 4.83. The molecular formula is C8H20N2. The van der Waals surface area contributed by atoms with Crippen LogP contribution in [0.3, 0.4) is 0 Å². The van der Waals surface area contributed by atoms with Gasteiger partial charge in [0, 0.05) is 25.0 Å². The number of rotatable bonds is 2. The molecule has 0 unspecified atom stereocenters. The van der Waals surface area contributed by atoms with E-state index in [0.29, 0.717) is 5.41 Å². The van der Waals surface area contributed by atoms with Gasteiger partial charge in [-0.1, -0.05) is 20.8 Å². The van der Waals surface area contributed by atoms with Crippen LogP contribution < -0.4 is 11.1 Å². The van der Waals surface area contributed by atoms with Crippen LogP contribution in [-0.4, -0.2) is 19.6 Å². The average Bonchev–Trinajstić information content (AvgIpc) is 1.93. The highest BCUT2D eigenvalue weighted by atomic mass is 15.0. The summed E-state index contributed by atoms with van der Waals surface area (Å²) in [4.78, 5) is 0. The lowest BCUT2D eigenvalue weighted by Gasteiger charge is -2.40. The average molecular weight is 144 g/mol. The summed E-state index contributed by atoms with van der Waals surface area (Å²) >= 11 is 0. The van der Waals surface area contributed by atoms with Crippen molar-refractivity contribution in [1.82, 2.24) is 5.32 Å². The second-order valence-corrected chi connectivity index (χ2v) is 2.66. The fraction of sp³-hybridized carbons (Fsp3) is 1.00. The molecule has 0 aromatic rings. The van der Waals surface area contributed by atoms with Crippen LogP contribution >= 0.6 is 0 Å². The van der Waals surface area contributed by atoms with Crippen molar-refractivity contribution in [2.45, 2.75) is 27.2 Å². The standard InChI is InChI=1S/C6H14N2.C2H6/c1-2-6(3-7)4-8-5-6;1-2/h8H,2-5,7H2,1H3;1-2H3. The third-order valence-electron chi connectivity index (χ3n) is 2.18. The van der Waals surface area contributed by atoms with E-state index in [1.807, 2.05) is 13.8 Å². The molecule has 0 aromatic heterocycles. The Morgan fingerprint density at radius 3 is 1.90 bits per heavy atom.